The second-order valence-electron chi connectivity index (χ2n) is 7.85. The molecule has 1 amide bonds. The quantitative estimate of drug-likeness (QED) is 0.575. The number of benzene rings is 2. The lowest BCUT2D eigenvalue weighted by Crippen LogP contribution is -2.47. The van der Waals surface area contributed by atoms with Crippen LogP contribution in [0.2, 0.25) is 0 Å². The Morgan fingerprint density at radius 3 is 2.47 bits per heavy atom. The molecule has 0 bridgehead atoms. The summed E-state index contributed by atoms with van der Waals surface area (Å²) < 4.78 is 20.3. The van der Waals surface area contributed by atoms with Crippen LogP contribution < -0.4 is 25.4 Å². The maximum absolute atomic E-state index is 13.7. The van der Waals surface area contributed by atoms with E-state index in [-0.39, 0.29) is 24.5 Å². The van der Waals surface area contributed by atoms with Crippen molar-refractivity contribution < 1.29 is 13.9 Å². The predicted octanol–water partition coefficient (Wildman–Crippen LogP) is 3.09. The van der Waals surface area contributed by atoms with E-state index in [1.165, 1.54) is 12.1 Å². The molecule has 2 aromatic carbocycles. The van der Waals surface area contributed by atoms with Crippen molar-refractivity contribution in [2.45, 2.75) is 13.5 Å². The zero-order chi connectivity index (χ0) is 23.4. The van der Waals surface area contributed by atoms with Gasteiger partial charge in [-0.2, -0.15) is 5.10 Å². The summed E-state index contributed by atoms with van der Waals surface area (Å²) in [6.45, 7) is 4.33. The number of carbonyl (C=O) groups excluding carboxylic acids is 1. The van der Waals surface area contributed by atoms with E-state index in [1.807, 2.05) is 24.3 Å². The van der Waals surface area contributed by atoms with Crippen molar-refractivity contribution in [3.63, 3.8) is 0 Å². The fraction of sp³-hybridized carbons (Fsp3) is 0.292. The Hall–Kier alpha value is -3.59. The Morgan fingerprint density at radius 1 is 1.06 bits per heavy atom. The number of hydrogen-bond donors (Lipinski definition) is 1. The minimum absolute atomic E-state index is 0. The lowest BCUT2D eigenvalue weighted by molar-refractivity contribution is -0.117. The van der Waals surface area contributed by atoms with Gasteiger partial charge in [-0.3, -0.25) is 9.59 Å². The first-order valence-electron chi connectivity index (χ1n) is 10.7. The first-order chi connectivity index (χ1) is 15.9. The number of halogens is 2. The molecule has 1 N–H and O–H groups in total. The molecule has 0 aliphatic carbocycles. The lowest BCUT2D eigenvalue weighted by atomic mass is 10.2. The summed E-state index contributed by atoms with van der Waals surface area (Å²) in [5, 5.41) is 7.00. The van der Waals surface area contributed by atoms with Gasteiger partial charge in [0.2, 0.25) is 5.91 Å². The first kappa shape index (κ1) is 25.0. The monoisotopic (exact) mass is 487 g/mol. The highest BCUT2D eigenvalue weighted by Gasteiger charge is 2.21. The highest BCUT2D eigenvalue weighted by molar-refractivity contribution is 5.90. The molecule has 1 aromatic heterocycles. The number of aromatic nitrogens is 2. The third-order valence-electron chi connectivity index (χ3n) is 5.63. The van der Waals surface area contributed by atoms with E-state index < -0.39 is 11.7 Å². The number of rotatable bonds is 6. The first-order valence-corrected chi connectivity index (χ1v) is 10.7. The Bertz CT molecular complexity index is 1210. The van der Waals surface area contributed by atoms with Gasteiger partial charge in [0.1, 0.15) is 23.9 Å². The molecule has 0 unspecified atom stereocenters. The molecular formula is C24H27ClFN5O3. The van der Waals surface area contributed by atoms with Crippen molar-refractivity contribution in [3.05, 3.63) is 76.3 Å². The Kier molecular flexibility index (Phi) is 8.12. The predicted molar refractivity (Wildman–Crippen MR) is 133 cm³/mol. The van der Waals surface area contributed by atoms with Crippen LogP contribution in [0.5, 0.6) is 5.75 Å². The summed E-state index contributed by atoms with van der Waals surface area (Å²) >= 11 is 0. The summed E-state index contributed by atoms with van der Waals surface area (Å²) in [5.41, 5.74) is 1.49. The molecule has 0 atom stereocenters. The molecule has 34 heavy (non-hydrogen) atoms. The summed E-state index contributed by atoms with van der Waals surface area (Å²) in [6.07, 6.45) is 0. The van der Waals surface area contributed by atoms with E-state index in [0.29, 0.717) is 30.2 Å². The molecule has 180 valence electrons. The molecule has 1 aliphatic rings. The normalized spacial score (nSPS) is 13.3. The molecule has 8 nitrogen and oxygen atoms in total. The summed E-state index contributed by atoms with van der Waals surface area (Å²) in [6, 6.07) is 15.4. The van der Waals surface area contributed by atoms with Gasteiger partial charge in [0.15, 0.2) is 0 Å². The van der Waals surface area contributed by atoms with Crippen LogP contribution in [-0.2, 0) is 11.3 Å². The van der Waals surface area contributed by atoms with Crippen molar-refractivity contribution in [3.8, 4) is 5.75 Å². The second-order valence-corrected chi connectivity index (χ2v) is 7.85. The number of ether oxygens (including phenoxy) is 1. The Labute approximate surface area is 203 Å². The van der Waals surface area contributed by atoms with Crippen molar-refractivity contribution in [1.29, 1.82) is 0 Å². The number of para-hydroxylation sites is 2. The number of nitrogens with zero attached hydrogens (tertiary/aromatic N) is 4. The molecule has 1 fully saturated rings. The van der Waals surface area contributed by atoms with E-state index >= 15 is 0 Å². The maximum Gasteiger partial charge on any atom is 0.267 e. The third kappa shape index (κ3) is 5.66. The van der Waals surface area contributed by atoms with Gasteiger partial charge in [-0.1, -0.05) is 18.2 Å². The summed E-state index contributed by atoms with van der Waals surface area (Å²) in [4.78, 5) is 29.0. The maximum atomic E-state index is 13.7. The van der Waals surface area contributed by atoms with Gasteiger partial charge in [-0.15, -0.1) is 12.4 Å². The number of piperazine rings is 1. The number of methoxy groups -OCH3 is 1. The fourth-order valence-corrected chi connectivity index (χ4v) is 3.79. The molecule has 0 spiro atoms. The van der Waals surface area contributed by atoms with Gasteiger partial charge < -0.3 is 19.9 Å². The molecular weight excluding hydrogens is 461 g/mol. The number of hydrogen-bond acceptors (Lipinski definition) is 6. The summed E-state index contributed by atoms with van der Waals surface area (Å²) in [7, 11) is 1.66. The standard InChI is InChI=1S/C24H26FN5O3.ClH/c1-17-7-8-18(15-19(17)25)26-23(31)16-30-24(32)10-9-22(27-30)29-13-11-28(12-14-29)20-5-3-4-6-21(20)33-2;/h3-10,15H,11-14,16H2,1-2H3,(H,26,31);1H. The van der Waals surface area contributed by atoms with Gasteiger partial charge >= 0.3 is 0 Å². The molecule has 1 saturated heterocycles. The smallest absolute Gasteiger partial charge is 0.267 e. The van der Waals surface area contributed by atoms with Crippen LogP contribution in [0, 0.1) is 12.7 Å². The van der Waals surface area contributed by atoms with Crippen LogP contribution in [-0.4, -0.2) is 49.0 Å². The Balaban J connectivity index is 0.00000324. The number of anilines is 3. The van der Waals surface area contributed by atoms with Gasteiger partial charge in [0.05, 0.1) is 12.8 Å². The number of amides is 1. The number of carbonyl (C=O) groups is 1. The summed E-state index contributed by atoms with van der Waals surface area (Å²) in [5.74, 6) is 0.601. The highest BCUT2D eigenvalue weighted by Crippen LogP contribution is 2.28. The molecule has 3 aromatic rings. The van der Waals surface area contributed by atoms with Crippen LogP contribution in [0.1, 0.15) is 5.56 Å². The SMILES string of the molecule is COc1ccccc1N1CCN(c2ccc(=O)n(CC(=O)Nc3ccc(C)c(F)c3)n2)CC1.Cl. The molecule has 0 radical (unpaired) electrons. The van der Waals surface area contributed by atoms with Crippen LogP contribution in [0.15, 0.2) is 59.4 Å². The van der Waals surface area contributed by atoms with Crippen molar-refractivity contribution in [2.24, 2.45) is 0 Å². The molecule has 2 heterocycles. The van der Waals surface area contributed by atoms with E-state index in [2.05, 4.69) is 20.2 Å². The minimum atomic E-state index is -0.453. The number of aryl methyl sites for hydroxylation is 1. The van der Waals surface area contributed by atoms with Gasteiger partial charge in [-0.05, 0) is 42.8 Å². The fourth-order valence-electron chi connectivity index (χ4n) is 3.79. The van der Waals surface area contributed by atoms with E-state index in [0.717, 1.165) is 29.2 Å². The number of nitrogens with one attached hydrogen (secondary N) is 1. The van der Waals surface area contributed by atoms with Crippen LogP contribution in [0.25, 0.3) is 0 Å². The molecule has 4 rings (SSSR count). The largest absolute Gasteiger partial charge is 0.495 e. The Morgan fingerprint density at radius 2 is 1.76 bits per heavy atom. The van der Waals surface area contributed by atoms with E-state index in [4.69, 9.17) is 4.74 Å². The van der Waals surface area contributed by atoms with Crippen molar-refractivity contribution in [1.82, 2.24) is 9.78 Å². The third-order valence-corrected chi connectivity index (χ3v) is 5.63. The van der Waals surface area contributed by atoms with Gasteiger partial charge in [-0.25, -0.2) is 9.07 Å². The molecule has 10 heteroatoms. The van der Waals surface area contributed by atoms with Crippen molar-refractivity contribution >= 4 is 35.5 Å². The average Bonchev–Trinajstić information content (AvgIpc) is 2.83. The minimum Gasteiger partial charge on any atom is -0.495 e. The highest BCUT2D eigenvalue weighted by atomic mass is 35.5. The zero-order valence-corrected chi connectivity index (χ0v) is 19.8. The average molecular weight is 488 g/mol. The van der Waals surface area contributed by atoms with Crippen molar-refractivity contribution in [2.75, 3.05) is 48.4 Å². The lowest BCUT2D eigenvalue weighted by Gasteiger charge is -2.37. The molecule has 0 saturated carbocycles. The second kappa shape index (κ2) is 11.0. The van der Waals surface area contributed by atoms with Crippen LogP contribution in [0.4, 0.5) is 21.6 Å². The van der Waals surface area contributed by atoms with Crippen LogP contribution in [0.3, 0.4) is 0 Å². The van der Waals surface area contributed by atoms with Gasteiger partial charge in [0, 0.05) is 37.9 Å². The zero-order valence-electron chi connectivity index (χ0n) is 19.0. The molecule has 1 aliphatic heterocycles. The van der Waals surface area contributed by atoms with Gasteiger partial charge in [0.25, 0.3) is 5.56 Å². The topological polar surface area (TPSA) is 79.7 Å². The van der Waals surface area contributed by atoms with E-state index in [1.54, 1.807) is 32.2 Å². The van der Waals surface area contributed by atoms with Crippen LogP contribution >= 0.6 is 12.4 Å². The van der Waals surface area contributed by atoms with E-state index in [9.17, 15) is 14.0 Å².